The predicted molar refractivity (Wildman–Crippen MR) is 69.3 cm³/mol. The molecule has 1 saturated carbocycles. The van der Waals surface area contributed by atoms with Crippen molar-refractivity contribution in [3.8, 4) is 0 Å². The van der Waals surface area contributed by atoms with Gasteiger partial charge < -0.3 is 14.6 Å². The molecule has 2 unspecified atom stereocenters. The lowest BCUT2D eigenvalue weighted by atomic mass is 9.63. The van der Waals surface area contributed by atoms with Gasteiger partial charge in [0.05, 0.1) is 0 Å². The van der Waals surface area contributed by atoms with Crippen molar-refractivity contribution in [2.45, 2.75) is 52.2 Å². The van der Waals surface area contributed by atoms with Crippen molar-refractivity contribution in [2.24, 2.45) is 17.3 Å². The first kappa shape index (κ1) is 15.4. The molecule has 1 fully saturated rings. The Bertz CT molecular complexity index is 296. The summed E-state index contributed by atoms with van der Waals surface area (Å²) in [6, 6.07) is 0. The normalized spacial score (nSPS) is 29.6. The molecule has 0 heterocycles. The van der Waals surface area contributed by atoms with Crippen LogP contribution in [0.3, 0.4) is 0 Å². The summed E-state index contributed by atoms with van der Waals surface area (Å²) in [6.07, 6.45) is 3.85. The first-order valence-corrected chi connectivity index (χ1v) is 6.66. The first-order valence-electron chi connectivity index (χ1n) is 6.66. The molecular formula is C14H26O4. The van der Waals surface area contributed by atoms with Crippen LogP contribution in [0.25, 0.3) is 0 Å². The van der Waals surface area contributed by atoms with Crippen molar-refractivity contribution < 1.29 is 19.4 Å². The lowest BCUT2D eigenvalue weighted by Crippen LogP contribution is -2.52. The largest absolute Gasteiger partial charge is 0.477 e. The number of methoxy groups -OCH3 is 2. The van der Waals surface area contributed by atoms with Gasteiger partial charge >= 0.3 is 5.97 Å². The Labute approximate surface area is 110 Å². The number of rotatable bonds is 5. The zero-order valence-electron chi connectivity index (χ0n) is 12.2. The third kappa shape index (κ3) is 2.54. The molecule has 106 valence electrons. The summed E-state index contributed by atoms with van der Waals surface area (Å²) in [7, 11) is 2.83. The summed E-state index contributed by atoms with van der Waals surface area (Å²) in [4.78, 5) is 11.5. The van der Waals surface area contributed by atoms with Gasteiger partial charge in [0.25, 0.3) is 5.79 Å². The smallest absolute Gasteiger partial charge is 0.364 e. The number of carbonyl (C=O) groups is 1. The topological polar surface area (TPSA) is 55.8 Å². The maximum absolute atomic E-state index is 11.5. The first-order chi connectivity index (χ1) is 8.32. The molecule has 18 heavy (non-hydrogen) atoms. The van der Waals surface area contributed by atoms with Crippen LogP contribution in [-0.2, 0) is 14.3 Å². The SMILES string of the molecule is COC(OC)(C(=O)O)C1CCCC(C)(C(C)C)C1. The fourth-order valence-corrected chi connectivity index (χ4v) is 3.13. The summed E-state index contributed by atoms with van der Waals surface area (Å²) in [6.45, 7) is 6.64. The molecule has 1 aliphatic carbocycles. The number of aliphatic carboxylic acids is 1. The van der Waals surface area contributed by atoms with Gasteiger partial charge in [-0.1, -0.05) is 27.2 Å². The van der Waals surface area contributed by atoms with E-state index < -0.39 is 11.8 Å². The van der Waals surface area contributed by atoms with E-state index in [1.165, 1.54) is 14.2 Å². The second kappa shape index (κ2) is 5.57. The van der Waals surface area contributed by atoms with E-state index in [4.69, 9.17) is 9.47 Å². The molecule has 0 aromatic carbocycles. The fourth-order valence-electron chi connectivity index (χ4n) is 3.13. The molecule has 4 nitrogen and oxygen atoms in total. The van der Waals surface area contributed by atoms with Gasteiger partial charge in [-0.3, -0.25) is 0 Å². The summed E-state index contributed by atoms with van der Waals surface area (Å²) in [5, 5.41) is 9.43. The van der Waals surface area contributed by atoms with Crippen LogP contribution in [0.15, 0.2) is 0 Å². The summed E-state index contributed by atoms with van der Waals surface area (Å²) >= 11 is 0. The lowest BCUT2D eigenvalue weighted by Gasteiger charge is -2.46. The summed E-state index contributed by atoms with van der Waals surface area (Å²) in [5.74, 6) is -2.08. The van der Waals surface area contributed by atoms with Crippen LogP contribution in [0.1, 0.15) is 46.5 Å². The van der Waals surface area contributed by atoms with Crippen LogP contribution in [0.2, 0.25) is 0 Å². The Hall–Kier alpha value is -0.610. The van der Waals surface area contributed by atoms with Gasteiger partial charge in [-0.15, -0.1) is 0 Å². The minimum atomic E-state index is -1.49. The van der Waals surface area contributed by atoms with E-state index >= 15 is 0 Å². The third-order valence-electron chi connectivity index (χ3n) is 4.85. The van der Waals surface area contributed by atoms with Gasteiger partial charge in [-0.2, -0.15) is 0 Å². The number of hydrogen-bond acceptors (Lipinski definition) is 3. The van der Waals surface area contributed by atoms with Crippen LogP contribution < -0.4 is 0 Å². The number of carboxylic acids is 1. The Morgan fingerprint density at radius 3 is 2.33 bits per heavy atom. The molecule has 2 atom stereocenters. The van der Waals surface area contributed by atoms with E-state index in [1.807, 2.05) is 0 Å². The number of ether oxygens (including phenoxy) is 2. The van der Waals surface area contributed by atoms with Crippen molar-refractivity contribution in [3.05, 3.63) is 0 Å². The van der Waals surface area contributed by atoms with Crippen molar-refractivity contribution in [1.29, 1.82) is 0 Å². The Kier molecular flexibility index (Phi) is 4.78. The fraction of sp³-hybridized carbons (Fsp3) is 0.929. The van der Waals surface area contributed by atoms with Crippen molar-refractivity contribution >= 4 is 5.97 Å². The van der Waals surface area contributed by atoms with Gasteiger partial charge in [0.1, 0.15) is 0 Å². The second-order valence-corrected chi connectivity index (χ2v) is 5.98. The van der Waals surface area contributed by atoms with Crippen molar-refractivity contribution in [2.75, 3.05) is 14.2 Å². The van der Waals surface area contributed by atoms with Gasteiger partial charge in [0, 0.05) is 20.1 Å². The van der Waals surface area contributed by atoms with Gasteiger partial charge in [-0.25, -0.2) is 4.79 Å². The third-order valence-corrected chi connectivity index (χ3v) is 4.85. The maximum Gasteiger partial charge on any atom is 0.364 e. The molecule has 1 aliphatic rings. The molecule has 0 aliphatic heterocycles. The van der Waals surface area contributed by atoms with Gasteiger partial charge in [0.2, 0.25) is 0 Å². The van der Waals surface area contributed by atoms with Crippen LogP contribution >= 0.6 is 0 Å². The molecule has 0 aromatic rings. The molecule has 0 bridgehead atoms. The minimum Gasteiger partial charge on any atom is -0.477 e. The highest BCUT2D eigenvalue weighted by atomic mass is 16.7. The Balaban J connectivity index is 2.97. The molecule has 0 spiro atoms. The van der Waals surface area contributed by atoms with Crippen molar-refractivity contribution in [3.63, 3.8) is 0 Å². The quantitative estimate of drug-likeness (QED) is 0.770. The molecule has 4 heteroatoms. The lowest BCUT2D eigenvalue weighted by molar-refractivity contribution is -0.254. The average Bonchev–Trinajstić information content (AvgIpc) is 2.31. The number of carboxylic acid groups (broad SMARTS) is 1. The highest BCUT2D eigenvalue weighted by Gasteiger charge is 2.51. The minimum absolute atomic E-state index is 0.0915. The molecular weight excluding hydrogens is 232 g/mol. The zero-order valence-corrected chi connectivity index (χ0v) is 12.2. The van der Waals surface area contributed by atoms with E-state index in [0.717, 1.165) is 25.7 Å². The van der Waals surface area contributed by atoms with E-state index in [1.54, 1.807) is 0 Å². The maximum atomic E-state index is 11.5. The Morgan fingerprint density at radius 2 is 1.94 bits per heavy atom. The van der Waals surface area contributed by atoms with E-state index in [0.29, 0.717) is 5.92 Å². The standard InChI is InChI=1S/C14H26O4/c1-10(2)13(3)8-6-7-11(9-13)14(17-4,18-5)12(15)16/h10-11H,6-9H2,1-5H3,(H,15,16). The van der Waals surface area contributed by atoms with Crippen LogP contribution in [-0.4, -0.2) is 31.1 Å². The van der Waals surface area contributed by atoms with Crippen LogP contribution in [0.4, 0.5) is 0 Å². The van der Waals surface area contributed by atoms with Crippen LogP contribution in [0, 0.1) is 17.3 Å². The molecule has 1 rings (SSSR count). The predicted octanol–water partition coefficient (Wildman–Crippen LogP) is 2.91. The summed E-state index contributed by atoms with van der Waals surface area (Å²) in [5.41, 5.74) is 0.167. The molecule has 0 radical (unpaired) electrons. The highest BCUT2D eigenvalue weighted by molar-refractivity contribution is 5.76. The zero-order chi connectivity index (χ0) is 14.0. The highest BCUT2D eigenvalue weighted by Crippen LogP contribution is 2.48. The Morgan fingerprint density at radius 1 is 1.39 bits per heavy atom. The second-order valence-electron chi connectivity index (χ2n) is 5.98. The summed E-state index contributed by atoms with van der Waals surface area (Å²) < 4.78 is 10.5. The van der Waals surface area contributed by atoms with Gasteiger partial charge in [0.15, 0.2) is 0 Å². The number of hydrogen-bond donors (Lipinski definition) is 1. The monoisotopic (exact) mass is 258 g/mol. The average molecular weight is 258 g/mol. The molecule has 0 saturated heterocycles. The van der Waals surface area contributed by atoms with E-state index in [9.17, 15) is 9.90 Å². The molecule has 1 N–H and O–H groups in total. The van der Waals surface area contributed by atoms with E-state index in [-0.39, 0.29) is 11.3 Å². The molecule has 0 aromatic heterocycles. The van der Waals surface area contributed by atoms with Gasteiger partial charge in [-0.05, 0) is 30.6 Å². The van der Waals surface area contributed by atoms with Crippen molar-refractivity contribution in [1.82, 2.24) is 0 Å². The van der Waals surface area contributed by atoms with Crippen LogP contribution in [0.5, 0.6) is 0 Å². The van der Waals surface area contributed by atoms with E-state index in [2.05, 4.69) is 20.8 Å². The molecule has 0 amide bonds.